The highest BCUT2D eigenvalue weighted by Crippen LogP contribution is 2.26. The van der Waals surface area contributed by atoms with E-state index in [1.54, 1.807) is 0 Å². The lowest BCUT2D eigenvalue weighted by atomic mass is 10.0. The van der Waals surface area contributed by atoms with Gasteiger partial charge in [0.2, 0.25) is 47.3 Å². The van der Waals surface area contributed by atoms with Gasteiger partial charge < -0.3 is 73.0 Å². The molecule has 8 amide bonds. The number of nitrogens with zero attached hydrogens (tertiary/aromatic N) is 2. The van der Waals surface area contributed by atoms with Crippen molar-refractivity contribution in [3.63, 3.8) is 0 Å². The van der Waals surface area contributed by atoms with E-state index in [0.717, 1.165) is 0 Å². The normalized spacial score (nSPS) is 18.7. The maximum Gasteiger partial charge on any atom is 0.326 e. The Morgan fingerprint density at radius 1 is 0.632 bits per heavy atom. The van der Waals surface area contributed by atoms with Gasteiger partial charge in [0.1, 0.15) is 54.1 Å². The van der Waals surface area contributed by atoms with E-state index >= 15 is 0 Å². The number of nitrogens with two attached hydrogens (primary N) is 1. The highest BCUT2D eigenvalue weighted by atomic mass is 16.4. The van der Waals surface area contributed by atoms with Crippen molar-refractivity contribution in [1.29, 1.82) is 0 Å². The second kappa shape index (κ2) is 25.9. The van der Waals surface area contributed by atoms with E-state index in [9.17, 15) is 73.2 Å². The van der Waals surface area contributed by atoms with Gasteiger partial charge >= 0.3 is 17.9 Å². The molecular formula is C43H63N9O16. The molecule has 376 valence electrons. The zero-order chi connectivity index (χ0) is 51.0. The monoisotopic (exact) mass is 961 g/mol. The molecule has 0 radical (unpaired) electrons. The fraction of sp³-hybridized carbons (Fsp3) is 0.605. The van der Waals surface area contributed by atoms with Crippen LogP contribution in [0.4, 0.5) is 0 Å². The van der Waals surface area contributed by atoms with Gasteiger partial charge in [0.05, 0.1) is 12.6 Å². The van der Waals surface area contributed by atoms with E-state index in [2.05, 4.69) is 31.9 Å². The number of nitrogens with one attached hydrogen (secondary N) is 6. The van der Waals surface area contributed by atoms with Gasteiger partial charge in [-0.15, -0.1) is 0 Å². The van der Waals surface area contributed by atoms with Gasteiger partial charge in [0.15, 0.2) is 0 Å². The largest absolute Gasteiger partial charge is 0.508 e. The summed E-state index contributed by atoms with van der Waals surface area (Å²) in [6.45, 7) is 4.97. The number of hydrogen-bond donors (Lipinski definition) is 12. The minimum Gasteiger partial charge on any atom is -0.508 e. The van der Waals surface area contributed by atoms with Crippen LogP contribution in [0.5, 0.6) is 5.75 Å². The number of hydrogen-bond acceptors (Lipinski definition) is 14. The Morgan fingerprint density at radius 3 is 1.74 bits per heavy atom. The smallest absolute Gasteiger partial charge is 0.326 e. The van der Waals surface area contributed by atoms with Crippen molar-refractivity contribution in [3.05, 3.63) is 29.8 Å². The average molecular weight is 962 g/mol. The van der Waals surface area contributed by atoms with Crippen LogP contribution in [0, 0.1) is 5.92 Å². The Morgan fingerprint density at radius 2 is 1.16 bits per heavy atom. The van der Waals surface area contributed by atoms with Gasteiger partial charge in [-0.25, -0.2) is 4.79 Å². The van der Waals surface area contributed by atoms with E-state index in [-0.39, 0.29) is 50.9 Å². The van der Waals surface area contributed by atoms with Crippen LogP contribution in [0.25, 0.3) is 0 Å². The molecule has 25 heteroatoms. The van der Waals surface area contributed by atoms with E-state index in [0.29, 0.717) is 18.4 Å². The fourth-order valence-electron chi connectivity index (χ4n) is 7.61. The molecule has 2 fully saturated rings. The first-order valence-electron chi connectivity index (χ1n) is 22.2. The van der Waals surface area contributed by atoms with Crippen molar-refractivity contribution >= 4 is 65.2 Å². The van der Waals surface area contributed by atoms with Crippen molar-refractivity contribution in [3.8, 4) is 5.75 Å². The Bertz CT molecular complexity index is 2030. The number of carboxylic acids is 3. The molecule has 2 aliphatic rings. The van der Waals surface area contributed by atoms with Crippen LogP contribution in [-0.4, -0.2) is 175 Å². The van der Waals surface area contributed by atoms with Crippen LogP contribution in [0.2, 0.25) is 0 Å². The van der Waals surface area contributed by atoms with Crippen molar-refractivity contribution in [2.75, 3.05) is 19.7 Å². The number of phenols is 1. The molecule has 0 aromatic heterocycles. The number of phenolic OH excluding ortho intramolecular Hbond substituents is 1. The minimum atomic E-state index is -1.68. The molecule has 0 spiro atoms. The molecule has 2 saturated heterocycles. The summed E-state index contributed by atoms with van der Waals surface area (Å²) in [7, 11) is 0. The highest BCUT2D eigenvalue weighted by Gasteiger charge is 2.44. The lowest BCUT2D eigenvalue weighted by molar-refractivity contribution is -0.148. The summed E-state index contributed by atoms with van der Waals surface area (Å²) in [5.74, 6) is -11.2. The maximum atomic E-state index is 14.0. The van der Waals surface area contributed by atoms with E-state index in [1.165, 1.54) is 61.8 Å². The molecular weight excluding hydrogens is 899 g/mol. The number of rotatable bonds is 25. The van der Waals surface area contributed by atoms with Gasteiger partial charge in [0.25, 0.3) is 0 Å². The molecule has 9 atom stereocenters. The zero-order valence-corrected chi connectivity index (χ0v) is 38.3. The first-order valence-corrected chi connectivity index (χ1v) is 22.2. The molecule has 1 aromatic carbocycles. The summed E-state index contributed by atoms with van der Waals surface area (Å²) in [5, 5.41) is 62.1. The van der Waals surface area contributed by atoms with Crippen LogP contribution < -0.4 is 37.6 Å². The van der Waals surface area contributed by atoms with Gasteiger partial charge in [0, 0.05) is 32.4 Å². The summed E-state index contributed by atoms with van der Waals surface area (Å²) >= 11 is 0. The standard InChI is InChI=1S/C43H63N9O16/c1-21(2)34(43(67)68)50-37(61)27(14-16-33(57)58)47-35(59)22(3)45-38(62)28(19-24-9-11-25(54)12-10-24)48-39(63)29(20-53)49-40(64)30-7-5-17-51(30)42(66)31-8-6-18-52(31)41(65)23(4)46-36(60)26(44)13-15-32(55)56/h9-12,21-23,26-31,34,53-54H,5-8,13-20,44H2,1-4H3,(H,45,62)(H,46,60)(H,47,59)(H,48,63)(H,49,64)(H,50,61)(H,55,56)(H,57,58)(H,67,68)/t22-,23-,26-,27-,28-,29-,30-,31-,34-/m0/s1. The van der Waals surface area contributed by atoms with Crippen LogP contribution in [-0.2, 0) is 59.2 Å². The quantitative estimate of drug-likeness (QED) is 0.0456. The number of carbonyl (C=O) groups is 11. The Balaban J connectivity index is 1.73. The van der Waals surface area contributed by atoms with E-state index < -0.39 is 145 Å². The zero-order valence-electron chi connectivity index (χ0n) is 38.3. The third-order valence-corrected chi connectivity index (χ3v) is 11.5. The van der Waals surface area contributed by atoms with Crippen molar-refractivity contribution in [2.24, 2.45) is 11.7 Å². The average Bonchev–Trinajstić information content (AvgIpc) is 3.98. The number of carboxylic acid groups (broad SMARTS) is 3. The molecule has 2 heterocycles. The molecule has 0 aliphatic carbocycles. The number of likely N-dealkylation sites (tertiary alicyclic amines) is 2. The number of aliphatic carboxylic acids is 3. The first kappa shape index (κ1) is 55.4. The van der Waals surface area contributed by atoms with Crippen molar-refractivity contribution in [2.45, 2.75) is 140 Å². The van der Waals surface area contributed by atoms with Crippen LogP contribution in [0.3, 0.4) is 0 Å². The summed E-state index contributed by atoms with van der Waals surface area (Å²) in [5.41, 5.74) is 6.18. The third-order valence-electron chi connectivity index (χ3n) is 11.5. The number of amides is 8. The van der Waals surface area contributed by atoms with Crippen molar-refractivity contribution < 1.29 is 78.3 Å². The molecule has 0 saturated carbocycles. The number of benzene rings is 1. The van der Waals surface area contributed by atoms with Gasteiger partial charge in [-0.2, -0.15) is 0 Å². The number of aliphatic hydroxyl groups excluding tert-OH is 1. The predicted octanol–water partition coefficient (Wildman–Crippen LogP) is -3.34. The van der Waals surface area contributed by atoms with Gasteiger partial charge in [-0.3, -0.25) is 47.9 Å². The summed E-state index contributed by atoms with van der Waals surface area (Å²) < 4.78 is 0. The van der Waals surface area contributed by atoms with E-state index in [1.807, 2.05) is 0 Å². The first-order chi connectivity index (χ1) is 31.9. The second-order valence-corrected chi connectivity index (χ2v) is 17.1. The van der Waals surface area contributed by atoms with Crippen LogP contribution in [0.1, 0.15) is 84.6 Å². The maximum absolute atomic E-state index is 14.0. The number of aliphatic hydroxyl groups is 1. The summed E-state index contributed by atoms with van der Waals surface area (Å²) in [4.78, 5) is 144. The van der Waals surface area contributed by atoms with Crippen molar-refractivity contribution in [1.82, 2.24) is 41.7 Å². The van der Waals surface area contributed by atoms with Gasteiger partial charge in [-0.1, -0.05) is 26.0 Å². The second-order valence-electron chi connectivity index (χ2n) is 17.1. The van der Waals surface area contributed by atoms with E-state index in [4.69, 9.17) is 10.8 Å². The molecule has 68 heavy (non-hydrogen) atoms. The number of carbonyl (C=O) groups excluding carboxylic acids is 8. The summed E-state index contributed by atoms with van der Waals surface area (Å²) in [6.07, 6.45) is -0.611. The van der Waals surface area contributed by atoms with Gasteiger partial charge in [-0.05, 0) is 76.0 Å². The molecule has 13 N–H and O–H groups in total. The lowest BCUT2D eigenvalue weighted by Gasteiger charge is -2.33. The molecule has 2 aliphatic heterocycles. The Kier molecular flexibility index (Phi) is 21.1. The molecule has 0 unspecified atom stereocenters. The number of aromatic hydroxyl groups is 1. The summed E-state index contributed by atoms with van der Waals surface area (Å²) in [6, 6.07) is -6.48. The third kappa shape index (κ3) is 16.2. The topological polar surface area (TPSA) is 394 Å². The predicted molar refractivity (Wildman–Crippen MR) is 235 cm³/mol. The van der Waals surface area contributed by atoms with Crippen LogP contribution >= 0.6 is 0 Å². The highest BCUT2D eigenvalue weighted by molar-refractivity contribution is 5.98. The molecule has 25 nitrogen and oxygen atoms in total. The fourth-order valence-corrected chi connectivity index (χ4v) is 7.61. The molecule has 1 aromatic rings. The van der Waals surface area contributed by atoms with Crippen LogP contribution in [0.15, 0.2) is 24.3 Å². The molecule has 0 bridgehead atoms. The Labute approximate surface area is 391 Å². The SMILES string of the molecule is CC(C)[C@H](NC(=O)[C@H](CCC(=O)O)NC(=O)[C@H](C)NC(=O)[C@H](Cc1ccc(O)cc1)NC(=O)[C@H](CO)NC(=O)[C@@H]1CCCN1C(=O)[C@@H]1CCCN1C(=O)[C@H](C)NC(=O)[C@@H](N)CCC(=O)O)C(=O)O. The minimum absolute atomic E-state index is 0.113. The lowest BCUT2D eigenvalue weighted by Crippen LogP contribution is -2.60. The Hall–Kier alpha value is -6.89. The molecule has 3 rings (SSSR count).